The molecule has 0 fully saturated rings. The van der Waals surface area contributed by atoms with Crippen molar-refractivity contribution in [2.24, 2.45) is 0 Å². The number of thiazole rings is 1. The normalized spacial score (nSPS) is 11.9. The molecule has 3 aromatic heterocycles. The minimum atomic E-state index is -1.39. The maximum Gasteiger partial charge on any atom is 0.350 e. The SMILES string of the molecule is CCCOC(=O)c1sc(NC(=O)[C@@H](O)CNc2nccc3ccc(-c4noc(C)n4)cc23)nc1C. The van der Waals surface area contributed by atoms with Crippen molar-refractivity contribution in [1.29, 1.82) is 0 Å². The van der Waals surface area contributed by atoms with E-state index in [2.05, 4.69) is 30.7 Å². The quantitative estimate of drug-likeness (QED) is 0.294. The largest absolute Gasteiger partial charge is 0.461 e. The number of aryl methyl sites for hydroxylation is 2. The number of ether oxygens (including phenoxy) is 1. The number of nitrogens with one attached hydrogen (secondary N) is 2. The third kappa shape index (κ3) is 5.61. The number of benzene rings is 1. The number of amides is 1. The highest BCUT2D eigenvalue weighted by Gasteiger charge is 2.21. The lowest BCUT2D eigenvalue weighted by atomic mass is 10.1. The Balaban J connectivity index is 1.43. The summed E-state index contributed by atoms with van der Waals surface area (Å²) in [6.07, 6.45) is 0.942. The first-order valence-corrected chi connectivity index (χ1v) is 11.7. The summed E-state index contributed by atoms with van der Waals surface area (Å²) in [4.78, 5) is 37.7. The second-order valence-electron chi connectivity index (χ2n) is 7.69. The highest BCUT2D eigenvalue weighted by Crippen LogP contribution is 2.27. The zero-order valence-electron chi connectivity index (χ0n) is 19.4. The van der Waals surface area contributed by atoms with Gasteiger partial charge in [-0.25, -0.2) is 14.8 Å². The van der Waals surface area contributed by atoms with Crippen molar-refractivity contribution in [2.45, 2.75) is 33.3 Å². The minimum absolute atomic E-state index is 0.0980. The van der Waals surface area contributed by atoms with Crippen molar-refractivity contribution in [2.75, 3.05) is 23.8 Å². The summed E-state index contributed by atoms with van der Waals surface area (Å²) in [5.41, 5.74) is 1.20. The number of esters is 1. The maximum atomic E-state index is 12.5. The Morgan fingerprint density at radius 1 is 1.23 bits per heavy atom. The molecule has 0 bridgehead atoms. The van der Waals surface area contributed by atoms with E-state index in [0.717, 1.165) is 27.7 Å². The predicted octanol–water partition coefficient (Wildman–Crippen LogP) is 3.34. The number of aliphatic hydroxyl groups excluding tert-OH is 1. The molecular formula is C23H24N6O5S. The van der Waals surface area contributed by atoms with Crippen molar-refractivity contribution < 1.29 is 24.0 Å². The van der Waals surface area contributed by atoms with Crippen LogP contribution >= 0.6 is 11.3 Å². The van der Waals surface area contributed by atoms with Crippen molar-refractivity contribution >= 4 is 44.9 Å². The van der Waals surface area contributed by atoms with Crippen LogP contribution in [0.5, 0.6) is 0 Å². The van der Waals surface area contributed by atoms with E-state index in [4.69, 9.17) is 9.26 Å². The zero-order valence-corrected chi connectivity index (χ0v) is 20.2. The molecule has 4 aromatic rings. The number of aliphatic hydroxyl groups is 1. The van der Waals surface area contributed by atoms with E-state index in [1.165, 1.54) is 0 Å². The Bertz CT molecular complexity index is 1370. The number of rotatable bonds is 9. The van der Waals surface area contributed by atoms with Gasteiger partial charge >= 0.3 is 5.97 Å². The number of aromatic nitrogens is 4. The van der Waals surface area contributed by atoms with Gasteiger partial charge in [0, 0.05) is 24.1 Å². The average molecular weight is 497 g/mol. The fourth-order valence-electron chi connectivity index (χ4n) is 3.24. The Morgan fingerprint density at radius 3 is 2.80 bits per heavy atom. The van der Waals surface area contributed by atoms with Crippen LogP contribution in [0.2, 0.25) is 0 Å². The minimum Gasteiger partial charge on any atom is -0.461 e. The fraction of sp³-hybridized carbons (Fsp3) is 0.304. The molecule has 0 radical (unpaired) electrons. The maximum absolute atomic E-state index is 12.5. The van der Waals surface area contributed by atoms with Crippen LogP contribution < -0.4 is 10.6 Å². The molecule has 3 heterocycles. The van der Waals surface area contributed by atoms with E-state index in [9.17, 15) is 14.7 Å². The van der Waals surface area contributed by atoms with E-state index in [0.29, 0.717) is 41.1 Å². The van der Waals surface area contributed by atoms with Crippen molar-refractivity contribution in [1.82, 2.24) is 20.1 Å². The van der Waals surface area contributed by atoms with Crippen molar-refractivity contribution in [3.63, 3.8) is 0 Å². The second kappa shape index (κ2) is 10.6. The van der Waals surface area contributed by atoms with Gasteiger partial charge in [-0.3, -0.25) is 10.1 Å². The molecule has 0 saturated heterocycles. The molecule has 0 spiro atoms. The van der Waals surface area contributed by atoms with Crippen LogP contribution in [0.25, 0.3) is 22.2 Å². The van der Waals surface area contributed by atoms with E-state index >= 15 is 0 Å². The predicted molar refractivity (Wildman–Crippen MR) is 130 cm³/mol. The Morgan fingerprint density at radius 2 is 2.06 bits per heavy atom. The molecule has 1 aromatic carbocycles. The number of nitrogens with zero attached hydrogens (tertiary/aromatic N) is 4. The van der Waals surface area contributed by atoms with Crippen LogP contribution in [0.3, 0.4) is 0 Å². The van der Waals surface area contributed by atoms with Crippen LogP contribution in [-0.2, 0) is 9.53 Å². The summed E-state index contributed by atoms with van der Waals surface area (Å²) >= 11 is 1.00. The van der Waals surface area contributed by atoms with Crippen LogP contribution in [0.4, 0.5) is 10.9 Å². The summed E-state index contributed by atoms with van der Waals surface area (Å²) in [5.74, 6) is 0.252. The number of pyridine rings is 1. The Hall–Kier alpha value is -3.90. The molecule has 11 nitrogen and oxygen atoms in total. The topological polar surface area (TPSA) is 152 Å². The van der Waals surface area contributed by atoms with Gasteiger partial charge in [-0.05, 0) is 30.9 Å². The summed E-state index contributed by atoms with van der Waals surface area (Å²) in [5, 5.41) is 21.8. The summed E-state index contributed by atoms with van der Waals surface area (Å²) in [7, 11) is 0. The van der Waals surface area contributed by atoms with E-state index in [1.54, 1.807) is 20.0 Å². The van der Waals surface area contributed by atoms with E-state index in [-0.39, 0.29) is 11.7 Å². The number of carbonyl (C=O) groups excluding carboxylic acids is 2. The number of hydrogen-bond acceptors (Lipinski definition) is 11. The Labute approximate surface area is 204 Å². The van der Waals surface area contributed by atoms with Gasteiger partial charge < -0.3 is 19.7 Å². The molecule has 0 saturated carbocycles. The van der Waals surface area contributed by atoms with Gasteiger partial charge in [0.05, 0.1) is 18.8 Å². The highest BCUT2D eigenvalue weighted by atomic mass is 32.1. The summed E-state index contributed by atoms with van der Waals surface area (Å²) in [6, 6.07) is 7.49. The van der Waals surface area contributed by atoms with Gasteiger partial charge in [0.2, 0.25) is 11.7 Å². The Kier molecular flexibility index (Phi) is 7.32. The molecule has 0 aliphatic heterocycles. The van der Waals surface area contributed by atoms with Crippen molar-refractivity contribution in [3.8, 4) is 11.4 Å². The van der Waals surface area contributed by atoms with Gasteiger partial charge in [0.25, 0.3) is 5.91 Å². The zero-order chi connectivity index (χ0) is 24.9. The first-order chi connectivity index (χ1) is 16.9. The molecule has 4 rings (SSSR count). The molecule has 0 aliphatic carbocycles. The standard InChI is InChI=1S/C23H24N6O5S/c1-4-9-33-22(32)18-12(2)26-23(35-18)28-21(31)17(30)11-25-20-16-10-15(19-27-13(3)34-29-19)6-5-14(16)7-8-24-20/h5-8,10,17,30H,4,9,11H2,1-3H3,(H,24,25)(H,26,28,31)/t17-/m0/s1. The third-order valence-electron chi connectivity index (χ3n) is 4.97. The number of carbonyl (C=O) groups is 2. The number of fused-ring (bicyclic) bond motifs is 1. The molecule has 1 amide bonds. The molecule has 0 unspecified atom stereocenters. The number of hydrogen-bond donors (Lipinski definition) is 3. The first-order valence-electron chi connectivity index (χ1n) is 10.9. The van der Waals surface area contributed by atoms with Crippen LogP contribution in [0.15, 0.2) is 35.0 Å². The molecule has 12 heteroatoms. The molecule has 35 heavy (non-hydrogen) atoms. The van der Waals surface area contributed by atoms with Crippen LogP contribution in [0, 0.1) is 13.8 Å². The number of anilines is 2. The van der Waals surface area contributed by atoms with Gasteiger partial charge in [-0.15, -0.1) is 0 Å². The molecule has 182 valence electrons. The van der Waals surface area contributed by atoms with E-state index in [1.807, 2.05) is 31.2 Å². The highest BCUT2D eigenvalue weighted by molar-refractivity contribution is 7.17. The molecule has 0 aliphatic rings. The van der Waals surface area contributed by atoms with Gasteiger partial charge in [-0.2, -0.15) is 4.98 Å². The smallest absolute Gasteiger partial charge is 0.350 e. The lowest BCUT2D eigenvalue weighted by molar-refractivity contribution is -0.123. The second-order valence-corrected chi connectivity index (χ2v) is 8.69. The molecule has 3 N–H and O–H groups in total. The third-order valence-corrected chi connectivity index (χ3v) is 6.02. The van der Waals surface area contributed by atoms with Crippen LogP contribution in [-0.4, -0.2) is 56.3 Å². The monoisotopic (exact) mass is 496 g/mol. The van der Waals surface area contributed by atoms with Gasteiger partial charge in [-0.1, -0.05) is 35.5 Å². The lowest BCUT2D eigenvalue weighted by Crippen LogP contribution is -2.33. The average Bonchev–Trinajstić information content (AvgIpc) is 3.45. The first kappa shape index (κ1) is 24.2. The fourth-order valence-corrected chi connectivity index (χ4v) is 4.10. The molecular weight excluding hydrogens is 472 g/mol. The van der Waals surface area contributed by atoms with Crippen LogP contribution in [0.1, 0.15) is 34.6 Å². The summed E-state index contributed by atoms with van der Waals surface area (Å²) in [6.45, 7) is 5.47. The van der Waals surface area contributed by atoms with Gasteiger partial charge in [0.1, 0.15) is 16.8 Å². The van der Waals surface area contributed by atoms with Gasteiger partial charge in [0.15, 0.2) is 5.13 Å². The van der Waals surface area contributed by atoms with E-state index < -0.39 is 18.0 Å². The van der Waals surface area contributed by atoms with Crippen molar-refractivity contribution in [3.05, 3.63) is 46.9 Å². The summed E-state index contributed by atoms with van der Waals surface area (Å²) < 4.78 is 10.2. The lowest BCUT2D eigenvalue weighted by Gasteiger charge is -2.13. The molecule has 1 atom stereocenters.